The Hall–Kier alpha value is -2.11. The van der Waals surface area contributed by atoms with Gasteiger partial charge in [-0.3, -0.25) is 4.90 Å². The number of aliphatic hydroxyl groups is 1. The van der Waals surface area contributed by atoms with E-state index in [-0.39, 0.29) is 5.82 Å². The second kappa shape index (κ2) is 7.02. The van der Waals surface area contributed by atoms with Crippen LogP contribution >= 0.6 is 0 Å². The standard InChI is InChI=1S/C20H23FN2O2/c21-17-2-4-18(5-3-17)23-10-8-22(9-11-23)14-19(24)15-1-6-20-16(13-15)7-12-25-20/h1-6,13,19,24H,7-12,14H2/t19-/m1/s1. The summed E-state index contributed by atoms with van der Waals surface area (Å²) in [4.78, 5) is 4.55. The fraction of sp³-hybridized carbons (Fsp3) is 0.400. The van der Waals surface area contributed by atoms with Gasteiger partial charge in [0.05, 0.1) is 12.7 Å². The molecule has 0 radical (unpaired) electrons. The predicted octanol–water partition coefficient (Wildman–Crippen LogP) is 2.62. The van der Waals surface area contributed by atoms with Crippen molar-refractivity contribution in [3.63, 3.8) is 0 Å². The van der Waals surface area contributed by atoms with Gasteiger partial charge in [0.15, 0.2) is 0 Å². The van der Waals surface area contributed by atoms with E-state index in [0.29, 0.717) is 6.54 Å². The molecule has 132 valence electrons. The van der Waals surface area contributed by atoms with E-state index in [1.54, 1.807) is 0 Å². The third-order valence-electron chi connectivity index (χ3n) is 5.09. The van der Waals surface area contributed by atoms with Gasteiger partial charge in [0.2, 0.25) is 0 Å². The van der Waals surface area contributed by atoms with E-state index in [1.165, 1.54) is 17.7 Å². The minimum absolute atomic E-state index is 0.203. The van der Waals surface area contributed by atoms with Crippen molar-refractivity contribution >= 4 is 5.69 Å². The summed E-state index contributed by atoms with van der Waals surface area (Å²) >= 11 is 0. The molecule has 0 bridgehead atoms. The lowest BCUT2D eigenvalue weighted by Crippen LogP contribution is -2.47. The molecule has 0 aromatic heterocycles. The zero-order valence-corrected chi connectivity index (χ0v) is 14.2. The SMILES string of the molecule is O[C@H](CN1CCN(c2ccc(F)cc2)CC1)c1ccc2c(c1)CCO2. The maximum absolute atomic E-state index is 13.0. The largest absolute Gasteiger partial charge is 0.493 e. The minimum Gasteiger partial charge on any atom is -0.493 e. The Labute approximate surface area is 147 Å². The van der Waals surface area contributed by atoms with Gasteiger partial charge in [-0.2, -0.15) is 0 Å². The van der Waals surface area contributed by atoms with E-state index in [0.717, 1.165) is 56.2 Å². The first kappa shape index (κ1) is 16.4. The molecule has 0 amide bonds. The molecule has 5 heteroatoms. The van der Waals surface area contributed by atoms with Crippen molar-refractivity contribution < 1.29 is 14.2 Å². The fourth-order valence-electron chi connectivity index (χ4n) is 3.60. The number of nitrogens with zero attached hydrogens (tertiary/aromatic N) is 2. The summed E-state index contributed by atoms with van der Waals surface area (Å²) in [5, 5.41) is 10.6. The molecule has 2 aromatic carbocycles. The van der Waals surface area contributed by atoms with Crippen LogP contribution in [-0.4, -0.2) is 49.3 Å². The van der Waals surface area contributed by atoms with Crippen LogP contribution in [0.1, 0.15) is 17.2 Å². The van der Waals surface area contributed by atoms with Crippen molar-refractivity contribution in [2.75, 3.05) is 44.2 Å². The second-order valence-electron chi connectivity index (χ2n) is 6.75. The summed E-state index contributed by atoms with van der Waals surface area (Å²) < 4.78 is 18.6. The summed E-state index contributed by atoms with van der Waals surface area (Å²) in [5.41, 5.74) is 3.21. The Bertz CT molecular complexity index is 727. The molecule has 1 fully saturated rings. The second-order valence-corrected chi connectivity index (χ2v) is 6.75. The lowest BCUT2D eigenvalue weighted by molar-refractivity contribution is 0.109. The molecular formula is C20H23FN2O2. The van der Waals surface area contributed by atoms with E-state index in [2.05, 4.69) is 15.9 Å². The van der Waals surface area contributed by atoms with Crippen LogP contribution in [0.5, 0.6) is 5.75 Å². The van der Waals surface area contributed by atoms with Gasteiger partial charge in [-0.15, -0.1) is 0 Å². The normalized spacial score (nSPS) is 18.7. The zero-order valence-electron chi connectivity index (χ0n) is 14.2. The molecule has 0 aliphatic carbocycles. The maximum Gasteiger partial charge on any atom is 0.123 e. The third kappa shape index (κ3) is 3.62. The zero-order chi connectivity index (χ0) is 17.2. The van der Waals surface area contributed by atoms with Gasteiger partial charge in [0, 0.05) is 44.8 Å². The van der Waals surface area contributed by atoms with E-state index in [1.807, 2.05) is 24.3 Å². The lowest BCUT2D eigenvalue weighted by Gasteiger charge is -2.37. The Morgan fingerprint density at radius 3 is 2.56 bits per heavy atom. The van der Waals surface area contributed by atoms with Crippen LogP contribution in [0.2, 0.25) is 0 Å². The number of piperazine rings is 1. The van der Waals surface area contributed by atoms with Gasteiger partial charge in [0.25, 0.3) is 0 Å². The molecule has 0 spiro atoms. The molecule has 0 saturated carbocycles. The number of benzene rings is 2. The van der Waals surface area contributed by atoms with Gasteiger partial charge < -0.3 is 14.7 Å². The molecule has 2 aromatic rings. The quantitative estimate of drug-likeness (QED) is 0.927. The van der Waals surface area contributed by atoms with Crippen LogP contribution in [0, 0.1) is 5.82 Å². The van der Waals surface area contributed by atoms with Gasteiger partial charge in [-0.25, -0.2) is 4.39 Å². The van der Waals surface area contributed by atoms with E-state index >= 15 is 0 Å². The molecular weight excluding hydrogens is 319 g/mol. The number of rotatable bonds is 4. The highest BCUT2D eigenvalue weighted by atomic mass is 19.1. The number of halogens is 1. The number of anilines is 1. The summed E-state index contributed by atoms with van der Waals surface area (Å²) in [7, 11) is 0. The van der Waals surface area contributed by atoms with Gasteiger partial charge in [0.1, 0.15) is 11.6 Å². The lowest BCUT2D eigenvalue weighted by atomic mass is 10.0. The average molecular weight is 342 g/mol. The smallest absolute Gasteiger partial charge is 0.123 e. The Balaban J connectivity index is 1.33. The molecule has 2 aliphatic rings. The molecule has 1 atom stereocenters. The number of aliphatic hydroxyl groups excluding tert-OH is 1. The topological polar surface area (TPSA) is 35.9 Å². The molecule has 2 heterocycles. The highest BCUT2D eigenvalue weighted by Gasteiger charge is 2.21. The highest BCUT2D eigenvalue weighted by Crippen LogP contribution is 2.28. The minimum atomic E-state index is -0.483. The van der Waals surface area contributed by atoms with Crippen LogP contribution in [0.15, 0.2) is 42.5 Å². The summed E-state index contributed by atoms with van der Waals surface area (Å²) in [6.45, 7) is 4.93. The van der Waals surface area contributed by atoms with Crippen LogP contribution in [-0.2, 0) is 6.42 Å². The Kier molecular flexibility index (Phi) is 4.59. The first-order chi connectivity index (χ1) is 12.2. The van der Waals surface area contributed by atoms with Crippen molar-refractivity contribution in [2.45, 2.75) is 12.5 Å². The number of hydrogen-bond donors (Lipinski definition) is 1. The third-order valence-corrected chi connectivity index (χ3v) is 5.09. The number of fused-ring (bicyclic) bond motifs is 1. The van der Waals surface area contributed by atoms with Gasteiger partial charge >= 0.3 is 0 Å². The van der Waals surface area contributed by atoms with E-state index in [9.17, 15) is 9.50 Å². The summed E-state index contributed by atoms with van der Waals surface area (Å²) in [5.74, 6) is 0.745. The van der Waals surface area contributed by atoms with Crippen molar-refractivity contribution in [1.29, 1.82) is 0 Å². The first-order valence-electron chi connectivity index (χ1n) is 8.85. The van der Waals surface area contributed by atoms with Gasteiger partial charge in [-0.05, 0) is 47.5 Å². The molecule has 1 saturated heterocycles. The van der Waals surface area contributed by atoms with Crippen LogP contribution in [0.4, 0.5) is 10.1 Å². The number of ether oxygens (including phenoxy) is 1. The molecule has 2 aliphatic heterocycles. The fourth-order valence-corrected chi connectivity index (χ4v) is 3.60. The maximum atomic E-state index is 13.0. The molecule has 1 N–H and O–H groups in total. The van der Waals surface area contributed by atoms with Crippen LogP contribution < -0.4 is 9.64 Å². The highest BCUT2D eigenvalue weighted by molar-refractivity contribution is 5.46. The number of β-amino-alcohol motifs (C(OH)–C–C–N with tert-alkyl or cyclic N) is 1. The first-order valence-corrected chi connectivity index (χ1v) is 8.85. The Morgan fingerprint density at radius 2 is 1.80 bits per heavy atom. The van der Waals surface area contributed by atoms with E-state index < -0.39 is 6.10 Å². The van der Waals surface area contributed by atoms with Gasteiger partial charge in [-0.1, -0.05) is 6.07 Å². The molecule has 4 rings (SSSR count). The van der Waals surface area contributed by atoms with Crippen molar-refractivity contribution in [3.8, 4) is 5.75 Å². The number of hydrogen-bond acceptors (Lipinski definition) is 4. The average Bonchev–Trinajstić information content (AvgIpc) is 3.11. The van der Waals surface area contributed by atoms with Crippen molar-refractivity contribution in [1.82, 2.24) is 4.90 Å². The van der Waals surface area contributed by atoms with E-state index in [4.69, 9.17) is 4.74 Å². The monoisotopic (exact) mass is 342 g/mol. The molecule has 4 nitrogen and oxygen atoms in total. The van der Waals surface area contributed by atoms with Crippen LogP contribution in [0.25, 0.3) is 0 Å². The van der Waals surface area contributed by atoms with Crippen molar-refractivity contribution in [2.24, 2.45) is 0 Å². The molecule has 0 unspecified atom stereocenters. The predicted molar refractivity (Wildman–Crippen MR) is 95.7 cm³/mol. The van der Waals surface area contributed by atoms with Crippen molar-refractivity contribution in [3.05, 3.63) is 59.4 Å². The summed E-state index contributed by atoms with van der Waals surface area (Å²) in [6, 6.07) is 12.7. The van der Waals surface area contributed by atoms with Crippen LogP contribution in [0.3, 0.4) is 0 Å². The molecule has 25 heavy (non-hydrogen) atoms. The summed E-state index contributed by atoms with van der Waals surface area (Å²) in [6.07, 6.45) is 0.440. The Morgan fingerprint density at radius 1 is 1.04 bits per heavy atom.